The highest BCUT2D eigenvalue weighted by Gasteiger charge is 2.53. The summed E-state index contributed by atoms with van der Waals surface area (Å²) in [6.45, 7) is 2.21. The molecule has 0 aliphatic heterocycles. The predicted octanol–water partition coefficient (Wildman–Crippen LogP) is 5.86. The second-order valence-electron chi connectivity index (χ2n) is 4.59. The van der Waals surface area contributed by atoms with Gasteiger partial charge in [-0.15, -0.1) is 0 Å². The minimum atomic E-state index is -2.51. The maximum absolute atomic E-state index is 12.8. The third-order valence-electron chi connectivity index (χ3n) is 3.14. The van der Waals surface area contributed by atoms with E-state index < -0.39 is 5.92 Å². The molecular weight excluding hydrogens is 321 g/mol. The Hall–Kier alpha value is 0.330. The average Bonchev–Trinajstić information content (AvgIpc) is 2.71. The van der Waals surface area contributed by atoms with Gasteiger partial charge in [0.15, 0.2) is 0 Å². The van der Waals surface area contributed by atoms with Gasteiger partial charge in [0.2, 0.25) is 0 Å². The van der Waals surface area contributed by atoms with Gasteiger partial charge in [0, 0.05) is 5.57 Å². The van der Waals surface area contributed by atoms with Crippen LogP contribution in [-0.4, -0.2) is 5.92 Å². The van der Waals surface area contributed by atoms with Crippen molar-refractivity contribution in [2.24, 2.45) is 0 Å². The molecule has 0 N–H and O–H groups in total. The molecule has 0 nitrogen and oxygen atoms in total. The van der Waals surface area contributed by atoms with Crippen LogP contribution >= 0.6 is 22.6 Å². The molecule has 0 radical (unpaired) electrons. The van der Waals surface area contributed by atoms with Gasteiger partial charge in [-0.3, -0.25) is 0 Å². The van der Waals surface area contributed by atoms with E-state index in [1.165, 1.54) is 38.5 Å². The summed E-state index contributed by atoms with van der Waals surface area (Å²) in [5.41, 5.74) is 0.402. The first-order chi connectivity index (χ1) is 7.60. The Morgan fingerprint density at radius 3 is 1.81 bits per heavy atom. The van der Waals surface area contributed by atoms with Gasteiger partial charge < -0.3 is 0 Å². The Bertz CT molecular complexity index is 246. The Balaban J connectivity index is 1.86. The highest BCUT2D eigenvalue weighted by Crippen LogP contribution is 2.55. The molecule has 0 spiro atoms. The van der Waals surface area contributed by atoms with Crippen molar-refractivity contribution >= 4 is 22.6 Å². The molecule has 0 heterocycles. The first-order valence-corrected chi connectivity index (χ1v) is 7.46. The SMILES string of the molecule is CCCCCCCCCCC1=C(I)C1(F)F. The fourth-order valence-corrected chi connectivity index (χ4v) is 2.75. The first kappa shape index (κ1) is 14.4. The second-order valence-corrected chi connectivity index (χ2v) is 5.67. The molecule has 0 aromatic carbocycles. The summed E-state index contributed by atoms with van der Waals surface area (Å²) in [5.74, 6) is -2.51. The van der Waals surface area contributed by atoms with Crippen molar-refractivity contribution in [2.75, 3.05) is 0 Å². The van der Waals surface area contributed by atoms with Crippen LogP contribution in [-0.2, 0) is 0 Å². The summed E-state index contributed by atoms with van der Waals surface area (Å²) in [6, 6.07) is 0. The van der Waals surface area contributed by atoms with Gasteiger partial charge >= 0.3 is 5.92 Å². The summed E-state index contributed by atoms with van der Waals surface area (Å²) >= 11 is 1.77. The fourth-order valence-electron chi connectivity index (χ4n) is 1.95. The number of halogens is 3. The van der Waals surface area contributed by atoms with Crippen molar-refractivity contribution in [3.8, 4) is 0 Å². The van der Waals surface area contributed by atoms with E-state index in [1.807, 2.05) is 0 Å². The smallest absolute Gasteiger partial charge is 0.196 e. The molecule has 1 aliphatic carbocycles. The Morgan fingerprint density at radius 1 is 0.938 bits per heavy atom. The zero-order valence-electron chi connectivity index (χ0n) is 10.00. The van der Waals surface area contributed by atoms with Crippen LogP contribution in [0.5, 0.6) is 0 Å². The number of unbranched alkanes of at least 4 members (excludes halogenated alkanes) is 7. The molecule has 0 unspecified atom stereocenters. The summed E-state index contributed by atoms with van der Waals surface area (Å²) < 4.78 is 25.9. The molecule has 0 atom stereocenters. The number of alkyl halides is 2. The first-order valence-electron chi connectivity index (χ1n) is 6.38. The molecule has 0 fully saturated rings. The van der Waals surface area contributed by atoms with Crippen molar-refractivity contribution in [1.82, 2.24) is 0 Å². The van der Waals surface area contributed by atoms with E-state index in [9.17, 15) is 8.78 Å². The largest absolute Gasteiger partial charge is 0.301 e. The molecule has 0 saturated carbocycles. The van der Waals surface area contributed by atoms with E-state index in [-0.39, 0.29) is 0 Å². The molecule has 1 aliphatic rings. The minimum Gasteiger partial charge on any atom is -0.196 e. The van der Waals surface area contributed by atoms with Crippen molar-refractivity contribution < 1.29 is 8.78 Å². The number of hydrogen-bond donors (Lipinski definition) is 0. The summed E-state index contributed by atoms with van der Waals surface area (Å²) in [6.07, 6.45) is 10.4. The average molecular weight is 342 g/mol. The molecule has 94 valence electrons. The maximum atomic E-state index is 12.8. The van der Waals surface area contributed by atoms with Gasteiger partial charge in [-0.05, 0) is 35.4 Å². The van der Waals surface area contributed by atoms with E-state index >= 15 is 0 Å². The summed E-state index contributed by atoms with van der Waals surface area (Å²) in [5, 5.41) is 0. The van der Waals surface area contributed by atoms with Crippen LogP contribution in [0.4, 0.5) is 8.78 Å². The predicted molar refractivity (Wildman–Crippen MR) is 73.2 cm³/mol. The standard InChI is InChI=1S/C13H21F2I/c1-2-3-4-5-6-7-8-9-10-11-12(16)13(11,14)15/h2-10H2,1H3. The van der Waals surface area contributed by atoms with Crippen LogP contribution in [0.3, 0.4) is 0 Å². The quantitative estimate of drug-likeness (QED) is 0.364. The Labute approximate surface area is 111 Å². The maximum Gasteiger partial charge on any atom is 0.301 e. The molecule has 0 amide bonds. The van der Waals surface area contributed by atoms with Gasteiger partial charge in [-0.1, -0.05) is 51.9 Å². The van der Waals surface area contributed by atoms with Crippen molar-refractivity contribution in [3.05, 3.63) is 9.15 Å². The topological polar surface area (TPSA) is 0 Å². The minimum absolute atomic E-state index is 0.299. The lowest BCUT2D eigenvalue weighted by molar-refractivity contribution is 0.138. The third-order valence-corrected chi connectivity index (χ3v) is 4.47. The zero-order valence-corrected chi connectivity index (χ0v) is 12.2. The molecule has 3 heteroatoms. The lowest BCUT2D eigenvalue weighted by Gasteiger charge is -2.00. The van der Waals surface area contributed by atoms with Gasteiger partial charge in [0.25, 0.3) is 0 Å². The van der Waals surface area contributed by atoms with Crippen LogP contribution in [0.2, 0.25) is 0 Å². The third kappa shape index (κ3) is 4.30. The normalized spacial score (nSPS) is 18.0. The molecular formula is C13H21F2I. The lowest BCUT2D eigenvalue weighted by atomic mass is 10.1. The summed E-state index contributed by atoms with van der Waals surface area (Å²) in [4.78, 5) is 0. The molecule has 0 aromatic heterocycles. The van der Waals surface area contributed by atoms with Crippen molar-refractivity contribution in [1.29, 1.82) is 0 Å². The lowest BCUT2D eigenvalue weighted by Crippen LogP contribution is -1.95. The molecule has 0 bridgehead atoms. The van der Waals surface area contributed by atoms with Crippen LogP contribution in [0, 0.1) is 0 Å². The van der Waals surface area contributed by atoms with E-state index in [0.717, 1.165) is 12.8 Å². The number of hydrogen-bond acceptors (Lipinski definition) is 0. The Morgan fingerprint density at radius 2 is 1.38 bits per heavy atom. The number of rotatable bonds is 9. The zero-order chi connectivity index (χ0) is 12.0. The highest BCUT2D eigenvalue weighted by atomic mass is 127. The second kappa shape index (κ2) is 6.92. The monoisotopic (exact) mass is 342 g/mol. The molecule has 0 aromatic rings. The molecule has 1 rings (SSSR count). The van der Waals surface area contributed by atoms with Gasteiger partial charge in [-0.25, -0.2) is 0 Å². The van der Waals surface area contributed by atoms with E-state index in [1.54, 1.807) is 22.6 Å². The Kier molecular flexibility index (Phi) is 6.22. The van der Waals surface area contributed by atoms with E-state index in [0.29, 0.717) is 15.6 Å². The van der Waals surface area contributed by atoms with Crippen molar-refractivity contribution in [3.63, 3.8) is 0 Å². The van der Waals surface area contributed by atoms with Gasteiger partial charge in [0.05, 0.1) is 3.58 Å². The van der Waals surface area contributed by atoms with Crippen LogP contribution in [0.1, 0.15) is 64.7 Å². The van der Waals surface area contributed by atoms with Crippen molar-refractivity contribution in [2.45, 2.75) is 70.6 Å². The fraction of sp³-hybridized carbons (Fsp3) is 0.846. The van der Waals surface area contributed by atoms with Gasteiger partial charge in [-0.2, -0.15) is 8.78 Å². The van der Waals surface area contributed by atoms with Crippen LogP contribution < -0.4 is 0 Å². The van der Waals surface area contributed by atoms with Crippen LogP contribution in [0.25, 0.3) is 0 Å². The molecule has 0 saturated heterocycles. The van der Waals surface area contributed by atoms with Gasteiger partial charge in [0.1, 0.15) is 0 Å². The van der Waals surface area contributed by atoms with E-state index in [4.69, 9.17) is 0 Å². The molecule has 16 heavy (non-hydrogen) atoms. The summed E-state index contributed by atoms with van der Waals surface area (Å²) in [7, 11) is 0. The van der Waals surface area contributed by atoms with Crippen LogP contribution in [0.15, 0.2) is 9.15 Å². The number of allylic oxidation sites excluding steroid dienone is 2. The van der Waals surface area contributed by atoms with E-state index in [2.05, 4.69) is 6.92 Å². The highest BCUT2D eigenvalue weighted by molar-refractivity contribution is 14.1.